The van der Waals surface area contributed by atoms with Crippen LogP contribution in [-0.2, 0) is 9.53 Å². The molecule has 2 aliphatic rings. The fourth-order valence-electron chi connectivity index (χ4n) is 3.69. The lowest BCUT2D eigenvalue weighted by Crippen LogP contribution is -2.40. The SMILES string of the molecule is CCOC(=O)C1CCC(NC2CCC(CC)C2)CC1. The van der Waals surface area contributed by atoms with Crippen molar-refractivity contribution in [3.05, 3.63) is 0 Å². The molecule has 0 aromatic heterocycles. The first-order valence-electron chi connectivity index (χ1n) is 8.15. The largest absolute Gasteiger partial charge is 0.466 e. The van der Waals surface area contributed by atoms with Gasteiger partial charge in [0.1, 0.15) is 0 Å². The van der Waals surface area contributed by atoms with E-state index in [-0.39, 0.29) is 11.9 Å². The summed E-state index contributed by atoms with van der Waals surface area (Å²) in [4.78, 5) is 11.7. The van der Waals surface area contributed by atoms with Crippen molar-refractivity contribution in [2.24, 2.45) is 11.8 Å². The van der Waals surface area contributed by atoms with E-state index in [1.54, 1.807) is 0 Å². The number of rotatable bonds is 5. The fraction of sp³-hybridized carbons (Fsp3) is 0.938. The van der Waals surface area contributed by atoms with Gasteiger partial charge < -0.3 is 10.1 Å². The molecule has 2 unspecified atom stereocenters. The van der Waals surface area contributed by atoms with Crippen LogP contribution in [0.1, 0.15) is 65.2 Å². The number of hydrogen-bond acceptors (Lipinski definition) is 3. The van der Waals surface area contributed by atoms with E-state index in [1.165, 1.54) is 25.7 Å². The van der Waals surface area contributed by atoms with Gasteiger partial charge in [-0.1, -0.05) is 13.3 Å². The zero-order valence-corrected chi connectivity index (χ0v) is 12.5. The molecule has 0 bridgehead atoms. The number of esters is 1. The maximum absolute atomic E-state index is 11.7. The quantitative estimate of drug-likeness (QED) is 0.777. The highest BCUT2D eigenvalue weighted by Crippen LogP contribution is 2.31. The Morgan fingerprint density at radius 1 is 1.05 bits per heavy atom. The highest BCUT2D eigenvalue weighted by atomic mass is 16.5. The van der Waals surface area contributed by atoms with Gasteiger partial charge in [0.05, 0.1) is 12.5 Å². The predicted octanol–water partition coefficient (Wildman–Crippen LogP) is 3.28. The molecule has 0 saturated heterocycles. The molecule has 19 heavy (non-hydrogen) atoms. The van der Waals surface area contributed by atoms with Crippen molar-refractivity contribution in [3.8, 4) is 0 Å². The number of nitrogens with one attached hydrogen (secondary N) is 1. The van der Waals surface area contributed by atoms with E-state index in [0.29, 0.717) is 12.6 Å². The minimum atomic E-state index is 0.0212. The molecule has 0 aliphatic heterocycles. The van der Waals surface area contributed by atoms with E-state index in [1.807, 2.05) is 6.92 Å². The third kappa shape index (κ3) is 4.20. The summed E-state index contributed by atoms with van der Waals surface area (Å²) < 4.78 is 5.12. The Labute approximate surface area is 117 Å². The molecule has 2 aliphatic carbocycles. The smallest absolute Gasteiger partial charge is 0.308 e. The van der Waals surface area contributed by atoms with Crippen LogP contribution in [0.5, 0.6) is 0 Å². The fourth-order valence-corrected chi connectivity index (χ4v) is 3.69. The molecular weight excluding hydrogens is 238 g/mol. The molecule has 0 radical (unpaired) electrons. The monoisotopic (exact) mass is 267 g/mol. The topological polar surface area (TPSA) is 38.3 Å². The van der Waals surface area contributed by atoms with Gasteiger partial charge in [-0.15, -0.1) is 0 Å². The lowest BCUT2D eigenvalue weighted by Gasteiger charge is -2.30. The van der Waals surface area contributed by atoms with Gasteiger partial charge in [0.15, 0.2) is 0 Å². The third-order valence-electron chi connectivity index (χ3n) is 4.94. The molecule has 0 heterocycles. The van der Waals surface area contributed by atoms with E-state index in [2.05, 4.69) is 12.2 Å². The molecule has 0 aromatic carbocycles. The Morgan fingerprint density at radius 3 is 2.32 bits per heavy atom. The van der Waals surface area contributed by atoms with Gasteiger partial charge in [0.2, 0.25) is 0 Å². The first-order chi connectivity index (χ1) is 9.22. The molecule has 0 spiro atoms. The summed E-state index contributed by atoms with van der Waals surface area (Å²) in [7, 11) is 0. The number of carbonyl (C=O) groups excluding carboxylic acids is 1. The summed E-state index contributed by atoms with van der Waals surface area (Å²) in [6.45, 7) is 4.70. The molecule has 3 heteroatoms. The van der Waals surface area contributed by atoms with Crippen molar-refractivity contribution in [1.29, 1.82) is 0 Å². The number of ether oxygens (including phenoxy) is 1. The second-order valence-electron chi connectivity index (χ2n) is 6.25. The predicted molar refractivity (Wildman–Crippen MR) is 76.9 cm³/mol. The Hall–Kier alpha value is -0.570. The summed E-state index contributed by atoms with van der Waals surface area (Å²) >= 11 is 0. The van der Waals surface area contributed by atoms with Crippen LogP contribution in [0.2, 0.25) is 0 Å². The van der Waals surface area contributed by atoms with E-state index in [4.69, 9.17) is 4.74 Å². The molecule has 2 rings (SSSR count). The van der Waals surface area contributed by atoms with Crippen LogP contribution in [0, 0.1) is 11.8 Å². The highest BCUT2D eigenvalue weighted by molar-refractivity contribution is 5.72. The zero-order chi connectivity index (χ0) is 13.7. The minimum absolute atomic E-state index is 0.0212. The van der Waals surface area contributed by atoms with Crippen LogP contribution in [0.4, 0.5) is 0 Å². The van der Waals surface area contributed by atoms with Gasteiger partial charge in [-0.05, 0) is 57.8 Å². The summed E-state index contributed by atoms with van der Waals surface area (Å²) in [6, 6.07) is 1.36. The van der Waals surface area contributed by atoms with Crippen LogP contribution in [0.3, 0.4) is 0 Å². The average molecular weight is 267 g/mol. The number of hydrogen-bond donors (Lipinski definition) is 1. The second kappa shape index (κ2) is 7.28. The van der Waals surface area contributed by atoms with E-state index < -0.39 is 0 Å². The van der Waals surface area contributed by atoms with Gasteiger partial charge in [-0.3, -0.25) is 4.79 Å². The Kier molecular flexibility index (Phi) is 5.68. The molecular formula is C16H29NO2. The lowest BCUT2D eigenvalue weighted by atomic mass is 9.85. The van der Waals surface area contributed by atoms with Crippen LogP contribution in [0.15, 0.2) is 0 Å². The maximum Gasteiger partial charge on any atom is 0.308 e. The first-order valence-corrected chi connectivity index (χ1v) is 8.15. The second-order valence-corrected chi connectivity index (χ2v) is 6.25. The molecule has 0 amide bonds. The van der Waals surface area contributed by atoms with Crippen molar-refractivity contribution in [3.63, 3.8) is 0 Å². The Bertz CT molecular complexity index is 284. The van der Waals surface area contributed by atoms with Crippen molar-refractivity contribution in [1.82, 2.24) is 5.32 Å². The zero-order valence-electron chi connectivity index (χ0n) is 12.5. The van der Waals surface area contributed by atoms with Gasteiger partial charge >= 0.3 is 5.97 Å². The van der Waals surface area contributed by atoms with E-state index >= 15 is 0 Å². The summed E-state index contributed by atoms with van der Waals surface area (Å²) in [5.74, 6) is 1.12. The minimum Gasteiger partial charge on any atom is -0.466 e. The van der Waals surface area contributed by atoms with Gasteiger partial charge in [-0.2, -0.15) is 0 Å². The average Bonchev–Trinajstić information content (AvgIpc) is 2.87. The van der Waals surface area contributed by atoms with E-state index in [0.717, 1.165) is 37.6 Å². The van der Waals surface area contributed by atoms with Crippen LogP contribution < -0.4 is 5.32 Å². The van der Waals surface area contributed by atoms with Crippen LogP contribution in [-0.4, -0.2) is 24.7 Å². The van der Waals surface area contributed by atoms with Crippen molar-refractivity contribution >= 4 is 5.97 Å². The summed E-state index contributed by atoms with van der Waals surface area (Å²) in [6.07, 6.45) is 9.69. The van der Waals surface area contributed by atoms with Crippen LogP contribution in [0.25, 0.3) is 0 Å². The molecule has 1 N–H and O–H groups in total. The Balaban J connectivity index is 1.68. The van der Waals surface area contributed by atoms with Crippen LogP contribution >= 0.6 is 0 Å². The molecule has 2 fully saturated rings. The summed E-state index contributed by atoms with van der Waals surface area (Å²) in [5, 5.41) is 3.82. The standard InChI is InChI=1S/C16H29NO2/c1-3-12-5-8-15(11-12)17-14-9-6-13(7-10-14)16(18)19-4-2/h12-15,17H,3-11H2,1-2H3. The summed E-state index contributed by atoms with van der Waals surface area (Å²) in [5.41, 5.74) is 0. The molecule has 0 aromatic rings. The Morgan fingerprint density at radius 2 is 1.74 bits per heavy atom. The molecule has 110 valence electrons. The molecule has 3 nitrogen and oxygen atoms in total. The lowest BCUT2D eigenvalue weighted by molar-refractivity contribution is -0.149. The van der Waals surface area contributed by atoms with Crippen molar-refractivity contribution < 1.29 is 9.53 Å². The normalized spacial score (nSPS) is 35.3. The van der Waals surface area contributed by atoms with Gasteiger partial charge in [0, 0.05) is 12.1 Å². The molecule has 2 atom stereocenters. The van der Waals surface area contributed by atoms with Crippen molar-refractivity contribution in [2.75, 3.05) is 6.61 Å². The van der Waals surface area contributed by atoms with E-state index in [9.17, 15) is 4.79 Å². The molecule has 2 saturated carbocycles. The first kappa shape index (κ1) is 14.8. The third-order valence-corrected chi connectivity index (χ3v) is 4.94. The van der Waals surface area contributed by atoms with Crippen molar-refractivity contribution in [2.45, 2.75) is 77.3 Å². The van der Waals surface area contributed by atoms with Gasteiger partial charge in [-0.25, -0.2) is 0 Å². The number of carbonyl (C=O) groups is 1. The highest BCUT2D eigenvalue weighted by Gasteiger charge is 2.30. The van der Waals surface area contributed by atoms with Gasteiger partial charge in [0.25, 0.3) is 0 Å². The maximum atomic E-state index is 11.7.